The Morgan fingerprint density at radius 3 is 3.19 bits per heavy atom. The summed E-state index contributed by atoms with van der Waals surface area (Å²) in [5, 5.41) is 0.0991. The topological polar surface area (TPSA) is 29.1 Å². The Kier molecular flexibility index (Phi) is 1.48. The van der Waals surface area contributed by atoms with E-state index in [1.807, 2.05) is 0 Å². The highest BCUT2D eigenvalue weighted by atomic mass is 35.5. The number of likely N-dealkylation sites (N-methyl/N-ethyl adjacent to an activating group) is 1. The van der Waals surface area contributed by atoms with Gasteiger partial charge in [0.05, 0.1) is 0 Å². The Balaban J connectivity index is 2.76. The maximum Gasteiger partial charge on any atom is 0.157 e. The molecule has 1 aromatic carbocycles. The Morgan fingerprint density at radius 1 is 1.62 bits per heavy atom. The Bertz CT molecular complexity index is 662. The molecule has 0 amide bonds. The zero-order chi connectivity index (χ0) is 18.6. The smallest absolute Gasteiger partial charge is 0.157 e. The molecule has 0 spiro atoms. The van der Waals surface area contributed by atoms with Crippen LogP contribution in [-0.2, 0) is 10.3 Å². The van der Waals surface area contributed by atoms with E-state index in [2.05, 4.69) is 0 Å². The molecule has 1 fully saturated rings. The highest BCUT2D eigenvalue weighted by Gasteiger charge is 2.40. The first kappa shape index (κ1) is 5.19. The molecule has 3 heteroatoms. The lowest BCUT2D eigenvalue weighted by Crippen LogP contribution is -2.49. The average Bonchev–Trinajstić information content (AvgIpc) is 2.46. The molecule has 1 N–H and O–H groups in total. The number of halogens is 1. The summed E-state index contributed by atoms with van der Waals surface area (Å²) in [7, 11) is 0. The third-order valence-corrected chi connectivity index (χ3v) is 3.03. The SMILES string of the molecule is [2H]N(C([2H])([2H])[2H])C1(c2ccccc2Cl)CCC([2H])([2H])C([2H])([2H])C1=O. The molecule has 2 nitrogen and oxygen atoms in total. The number of carbonyl (C=O) groups excluding carboxylic acids is 1. The van der Waals surface area contributed by atoms with Gasteiger partial charge in [-0.2, -0.15) is 0 Å². The number of Topliss-reactive ketones (excluding diaryl/α,β-unsaturated/α-hetero) is 1. The van der Waals surface area contributed by atoms with Crippen LogP contribution in [0.4, 0.5) is 0 Å². The fourth-order valence-corrected chi connectivity index (χ4v) is 2.12. The summed E-state index contributed by atoms with van der Waals surface area (Å²) in [5.74, 6) is -1.31. The lowest BCUT2D eigenvalue weighted by molar-refractivity contribution is -0.127. The summed E-state index contributed by atoms with van der Waals surface area (Å²) in [6.07, 6.45) is -6.23. The molecule has 1 saturated carbocycles. The minimum Gasteiger partial charge on any atom is -0.304 e. The van der Waals surface area contributed by atoms with Crippen LogP contribution in [-0.4, -0.2) is 12.8 Å². The first-order chi connectivity index (χ1) is 10.8. The van der Waals surface area contributed by atoms with Gasteiger partial charge in [-0.15, -0.1) is 0 Å². The fraction of sp³-hybridized carbons (Fsp3) is 0.462. The molecule has 2 rings (SSSR count). The van der Waals surface area contributed by atoms with Crippen molar-refractivity contribution in [2.75, 3.05) is 6.98 Å². The third-order valence-electron chi connectivity index (χ3n) is 2.70. The van der Waals surface area contributed by atoms with Crippen LogP contribution in [0.1, 0.15) is 40.7 Å². The van der Waals surface area contributed by atoms with Gasteiger partial charge in [-0.25, -0.2) is 0 Å². The molecule has 16 heavy (non-hydrogen) atoms. The van der Waals surface area contributed by atoms with E-state index in [-0.39, 0.29) is 22.3 Å². The van der Waals surface area contributed by atoms with Crippen LogP contribution >= 0.6 is 11.6 Å². The predicted molar refractivity (Wildman–Crippen MR) is 65.7 cm³/mol. The van der Waals surface area contributed by atoms with Gasteiger partial charge >= 0.3 is 0 Å². The van der Waals surface area contributed by atoms with Gasteiger partial charge in [0, 0.05) is 21.0 Å². The van der Waals surface area contributed by atoms with Crippen LogP contribution in [0, 0.1) is 0 Å². The Labute approximate surface area is 112 Å². The maximum absolute atomic E-state index is 12.9. The molecule has 1 aliphatic rings. The summed E-state index contributed by atoms with van der Waals surface area (Å²) in [5.41, 5.74) is -2.21. The third kappa shape index (κ3) is 1.76. The van der Waals surface area contributed by atoms with Crippen LogP contribution < -0.4 is 5.31 Å². The van der Waals surface area contributed by atoms with E-state index in [0.717, 1.165) is 0 Å². The van der Waals surface area contributed by atoms with Gasteiger partial charge < -0.3 is 5.31 Å². The average molecular weight is 246 g/mol. The Hall–Kier alpha value is -0.860. The molecule has 1 unspecified atom stereocenters. The van der Waals surface area contributed by atoms with E-state index in [0.29, 0.717) is 0 Å². The number of hydrogen-bond donors (Lipinski definition) is 1. The summed E-state index contributed by atoms with van der Waals surface area (Å²) in [6, 6.07) is 5.84. The zero-order valence-electron chi connectivity index (χ0n) is 16.5. The number of ketones is 1. The molecular formula is C13H16ClNO. The minimum absolute atomic E-state index is 0.0119. The molecule has 1 atom stereocenters. The van der Waals surface area contributed by atoms with Crippen LogP contribution in [0.25, 0.3) is 0 Å². The number of nitrogens with one attached hydrogen (secondary N) is 1. The van der Waals surface area contributed by atoms with E-state index in [9.17, 15) is 4.79 Å². The molecule has 0 aromatic heterocycles. The molecule has 0 radical (unpaired) electrons. The van der Waals surface area contributed by atoms with E-state index in [1.54, 1.807) is 6.07 Å². The second kappa shape index (κ2) is 4.56. The van der Waals surface area contributed by atoms with Crippen molar-refractivity contribution in [3.63, 3.8) is 0 Å². The summed E-state index contributed by atoms with van der Waals surface area (Å²) < 4.78 is 61.9. The summed E-state index contributed by atoms with van der Waals surface area (Å²) in [4.78, 5) is 12.9. The molecular weight excluding hydrogens is 222 g/mol. The van der Waals surface area contributed by atoms with Crippen molar-refractivity contribution in [3.8, 4) is 0 Å². The van der Waals surface area contributed by atoms with Crippen LogP contribution in [0.2, 0.25) is 6.43 Å². The standard InChI is InChI=1S/C13H16ClNO/c1-15-13(9-5-4-8-12(13)16)10-6-2-3-7-11(10)14/h2-3,6-7,15H,4-5,8-9H2,1H3/i1D3,4D2,8D2/hD. The van der Waals surface area contributed by atoms with Crippen molar-refractivity contribution in [2.24, 2.45) is 0 Å². The van der Waals surface area contributed by atoms with Gasteiger partial charge in [0.15, 0.2) is 5.78 Å². The zero-order valence-corrected chi connectivity index (χ0v) is 9.21. The van der Waals surface area contributed by atoms with Crippen molar-refractivity contribution in [2.45, 2.75) is 31.1 Å². The number of carbonyl (C=O) groups is 1. The monoisotopic (exact) mass is 245 g/mol. The second-order valence-corrected chi connectivity index (χ2v) is 3.99. The van der Waals surface area contributed by atoms with Gasteiger partial charge in [0.25, 0.3) is 0 Å². The fourth-order valence-electron chi connectivity index (χ4n) is 1.82. The number of rotatable bonds is 2. The molecule has 0 heterocycles. The molecule has 0 saturated heterocycles. The van der Waals surface area contributed by atoms with Gasteiger partial charge in [-0.3, -0.25) is 4.79 Å². The van der Waals surface area contributed by atoms with Gasteiger partial charge in [0.1, 0.15) is 6.95 Å². The molecule has 0 bridgehead atoms. The van der Waals surface area contributed by atoms with Crippen molar-refractivity contribution in [3.05, 3.63) is 34.9 Å². The second-order valence-electron chi connectivity index (χ2n) is 3.58. The van der Waals surface area contributed by atoms with Crippen LogP contribution in [0.15, 0.2) is 24.3 Å². The van der Waals surface area contributed by atoms with Gasteiger partial charge in [-0.05, 0) is 31.4 Å². The van der Waals surface area contributed by atoms with Crippen molar-refractivity contribution >= 4 is 17.4 Å². The van der Waals surface area contributed by atoms with Crippen molar-refractivity contribution in [1.82, 2.24) is 5.31 Å². The first-order valence-corrected chi connectivity index (χ1v) is 5.25. The first-order valence-electron chi connectivity index (χ1n) is 8.82. The largest absolute Gasteiger partial charge is 0.304 e. The normalized spacial score (nSPS) is 40.5. The van der Waals surface area contributed by atoms with Crippen LogP contribution in [0.5, 0.6) is 0 Å². The van der Waals surface area contributed by atoms with Gasteiger partial charge in [0.2, 0.25) is 0 Å². The van der Waals surface area contributed by atoms with Crippen LogP contribution in [0.3, 0.4) is 0 Å². The minimum atomic E-state index is -3.02. The number of hydrogen-bond acceptors (Lipinski definition) is 2. The van der Waals surface area contributed by atoms with E-state index < -0.39 is 37.5 Å². The Morgan fingerprint density at radius 2 is 2.44 bits per heavy atom. The summed E-state index contributed by atoms with van der Waals surface area (Å²) in [6.45, 7) is -3.02. The lowest BCUT2D eigenvalue weighted by atomic mass is 9.75. The van der Waals surface area contributed by atoms with Gasteiger partial charge in [-0.1, -0.05) is 36.2 Å². The molecule has 0 aliphatic heterocycles. The lowest BCUT2D eigenvalue weighted by Gasteiger charge is -2.36. The number of benzene rings is 1. The predicted octanol–water partition coefficient (Wildman–Crippen LogP) is 2.90. The molecule has 86 valence electrons. The van der Waals surface area contributed by atoms with Crippen molar-refractivity contribution < 1.29 is 15.8 Å². The maximum atomic E-state index is 12.9. The van der Waals surface area contributed by atoms with E-state index in [4.69, 9.17) is 22.6 Å². The molecule has 1 aromatic rings. The highest BCUT2D eigenvalue weighted by molar-refractivity contribution is 6.31. The van der Waals surface area contributed by atoms with E-state index >= 15 is 0 Å². The molecule has 1 aliphatic carbocycles. The quantitative estimate of drug-likeness (QED) is 0.868. The highest BCUT2D eigenvalue weighted by Crippen LogP contribution is 2.37. The summed E-state index contributed by atoms with van der Waals surface area (Å²) >= 11 is 6.11. The van der Waals surface area contributed by atoms with Crippen molar-refractivity contribution in [1.29, 1.82) is 0 Å². The van der Waals surface area contributed by atoms with E-state index in [1.165, 1.54) is 18.2 Å².